The summed E-state index contributed by atoms with van der Waals surface area (Å²) in [6.45, 7) is 7.05. The van der Waals surface area contributed by atoms with Crippen LogP contribution in [0.3, 0.4) is 0 Å². The fourth-order valence-electron chi connectivity index (χ4n) is 4.61. The van der Waals surface area contributed by atoms with E-state index in [0.717, 1.165) is 35.2 Å². The minimum absolute atomic E-state index is 0.0557. The zero-order chi connectivity index (χ0) is 27.7. The lowest BCUT2D eigenvalue weighted by molar-refractivity contribution is 0.108. The average Bonchev–Trinajstić information content (AvgIpc) is 3.59. The van der Waals surface area contributed by atoms with Crippen molar-refractivity contribution in [1.29, 1.82) is 0 Å². The molecule has 11 heteroatoms. The highest BCUT2D eigenvalue weighted by Gasteiger charge is 2.28. The van der Waals surface area contributed by atoms with Crippen LogP contribution in [-0.4, -0.2) is 71.9 Å². The van der Waals surface area contributed by atoms with E-state index in [1.54, 1.807) is 13.1 Å². The zero-order valence-electron chi connectivity index (χ0n) is 22.7. The van der Waals surface area contributed by atoms with Gasteiger partial charge in [0.2, 0.25) is 0 Å². The van der Waals surface area contributed by atoms with Crippen LogP contribution in [0.5, 0.6) is 5.75 Å². The number of hydrogen-bond donors (Lipinski definition) is 3. The van der Waals surface area contributed by atoms with Gasteiger partial charge in [0, 0.05) is 36.1 Å². The van der Waals surface area contributed by atoms with Crippen molar-refractivity contribution in [3.63, 3.8) is 0 Å². The van der Waals surface area contributed by atoms with E-state index in [9.17, 15) is 5.11 Å². The molecule has 5 rings (SSSR count). The second-order valence-corrected chi connectivity index (χ2v) is 10.1. The maximum atomic E-state index is 15.2. The van der Waals surface area contributed by atoms with Gasteiger partial charge in [0.05, 0.1) is 35.1 Å². The van der Waals surface area contributed by atoms with Crippen LogP contribution in [0.25, 0.3) is 22.6 Å². The minimum Gasteiger partial charge on any atom is -0.491 e. The van der Waals surface area contributed by atoms with E-state index in [4.69, 9.17) is 25.0 Å². The summed E-state index contributed by atoms with van der Waals surface area (Å²) >= 11 is 0. The molecule has 3 heterocycles. The molecule has 0 amide bonds. The predicted octanol–water partition coefficient (Wildman–Crippen LogP) is 3.09. The van der Waals surface area contributed by atoms with Gasteiger partial charge in [-0.25, -0.2) is 14.4 Å². The molecule has 3 aromatic rings. The number of aryl methyl sites for hydroxylation is 2. The zero-order valence-corrected chi connectivity index (χ0v) is 22.7. The minimum atomic E-state index is -0.706. The number of aliphatic hydroxyl groups is 1. The molecule has 10 nitrogen and oxygen atoms in total. The number of halogens is 1. The first-order chi connectivity index (χ1) is 18.7. The summed E-state index contributed by atoms with van der Waals surface area (Å²) < 4.78 is 26.4. The van der Waals surface area contributed by atoms with Crippen LogP contribution in [0, 0.1) is 26.6 Å². The second-order valence-electron chi connectivity index (χ2n) is 10.1. The summed E-state index contributed by atoms with van der Waals surface area (Å²) in [6.07, 6.45) is 3.40. The van der Waals surface area contributed by atoms with Crippen molar-refractivity contribution in [3.8, 4) is 28.4 Å². The molecule has 206 valence electrons. The van der Waals surface area contributed by atoms with Gasteiger partial charge in [-0.3, -0.25) is 4.99 Å². The van der Waals surface area contributed by atoms with Gasteiger partial charge >= 0.3 is 0 Å². The molecule has 1 aromatic carbocycles. The number of benzene rings is 1. The van der Waals surface area contributed by atoms with E-state index < -0.39 is 11.9 Å². The fraction of sp³-hybridized carbons (Fsp3) is 0.429. The largest absolute Gasteiger partial charge is 0.491 e. The number of nitrogens with one attached hydrogen (secondary N) is 1. The molecule has 2 aromatic heterocycles. The summed E-state index contributed by atoms with van der Waals surface area (Å²) in [5, 5.41) is 17.0. The molecule has 0 bridgehead atoms. The molecule has 0 spiro atoms. The van der Waals surface area contributed by atoms with Crippen LogP contribution in [0.15, 0.2) is 39.0 Å². The van der Waals surface area contributed by atoms with Crippen molar-refractivity contribution in [2.45, 2.75) is 45.8 Å². The standard InChI is InChI=1S/C28H34FN7O3/c1-15-26(25-16(2)35-39-17(25)3)33-27(22-9-21(7-8-23(22)29)38-14-20(37)11-31-4)34-28(15)36-12-18(24(30)13-36)10-32-19-5-6-19/h7-10,19-20,31,37H,5-6,11-14,30H2,1-4H3/t20-/m1/s1. The summed E-state index contributed by atoms with van der Waals surface area (Å²) in [4.78, 5) is 16.3. The number of aliphatic hydroxyl groups excluding tert-OH is 1. The molecule has 39 heavy (non-hydrogen) atoms. The van der Waals surface area contributed by atoms with E-state index in [1.807, 2.05) is 27.0 Å². The molecule has 4 N–H and O–H groups in total. The quantitative estimate of drug-likeness (QED) is 0.335. The molecular weight excluding hydrogens is 501 g/mol. The number of nitrogens with two attached hydrogens (primary N) is 1. The Morgan fingerprint density at radius 3 is 2.77 bits per heavy atom. The van der Waals surface area contributed by atoms with Crippen molar-refractivity contribution >= 4 is 12.0 Å². The molecule has 1 aliphatic carbocycles. The summed E-state index contributed by atoms with van der Waals surface area (Å²) in [6, 6.07) is 4.79. The third-order valence-electron chi connectivity index (χ3n) is 6.87. The summed E-state index contributed by atoms with van der Waals surface area (Å²) in [7, 11) is 1.74. The van der Waals surface area contributed by atoms with Crippen molar-refractivity contribution in [2.75, 3.05) is 38.2 Å². The lowest BCUT2D eigenvalue weighted by Gasteiger charge is -2.22. The number of hydrogen-bond acceptors (Lipinski definition) is 10. The van der Waals surface area contributed by atoms with Crippen molar-refractivity contribution in [2.24, 2.45) is 10.7 Å². The van der Waals surface area contributed by atoms with Crippen LogP contribution >= 0.6 is 0 Å². The van der Waals surface area contributed by atoms with Gasteiger partial charge in [-0.05, 0) is 58.9 Å². The summed E-state index contributed by atoms with van der Waals surface area (Å²) in [5.41, 5.74) is 11.1. The monoisotopic (exact) mass is 535 g/mol. The van der Waals surface area contributed by atoms with Gasteiger partial charge in [-0.1, -0.05) is 5.16 Å². The Morgan fingerprint density at radius 2 is 2.08 bits per heavy atom. The number of aromatic nitrogens is 3. The van der Waals surface area contributed by atoms with Crippen molar-refractivity contribution < 1.29 is 18.8 Å². The van der Waals surface area contributed by atoms with Gasteiger partial charge in [-0.15, -0.1) is 0 Å². The number of nitrogens with zero attached hydrogens (tertiary/aromatic N) is 5. The van der Waals surface area contributed by atoms with E-state index >= 15 is 4.39 Å². The Balaban J connectivity index is 1.55. The fourth-order valence-corrected chi connectivity index (χ4v) is 4.61. The number of aliphatic imine (C=N–C) groups is 1. The Bertz CT molecular complexity index is 1410. The van der Waals surface area contributed by atoms with Crippen LogP contribution < -0.4 is 20.7 Å². The highest BCUT2D eigenvalue weighted by Crippen LogP contribution is 2.37. The van der Waals surface area contributed by atoms with E-state index in [1.165, 1.54) is 12.1 Å². The molecule has 1 fully saturated rings. The maximum Gasteiger partial charge on any atom is 0.165 e. The van der Waals surface area contributed by atoms with Crippen LogP contribution in [0.4, 0.5) is 10.2 Å². The SMILES string of the molecule is CNC[C@@H](O)COc1ccc(F)c(-c2nc(-c3c(C)noc3C)c(C)c(N3CC(N)=C(C=NC4CC4)C3)n2)c1. The highest BCUT2D eigenvalue weighted by atomic mass is 19.1. The lowest BCUT2D eigenvalue weighted by atomic mass is 10.0. The summed E-state index contributed by atoms with van der Waals surface area (Å²) in [5.74, 6) is 1.36. The maximum absolute atomic E-state index is 15.2. The van der Waals surface area contributed by atoms with Gasteiger partial charge < -0.3 is 30.3 Å². The van der Waals surface area contributed by atoms with Gasteiger partial charge in [0.1, 0.15) is 35.9 Å². The first-order valence-corrected chi connectivity index (χ1v) is 13.1. The normalized spacial score (nSPS) is 16.5. The third kappa shape index (κ3) is 5.79. The van der Waals surface area contributed by atoms with E-state index in [-0.39, 0.29) is 18.0 Å². The van der Waals surface area contributed by atoms with E-state index in [0.29, 0.717) is 54.4 Å². The molecule has 2 aliphatic rings. The lowest BCUT2D eigenvalue weighted by Crippen LogP contribution is -2.29. The Hall–Kier alpha value is -3.83. The topological polar surface area (TPSA) is 135 Å². The first kappa shape index (κ1) is 26.8. The molecule has 0 saturated heterocycles. The Morgan fingerprint density at radius 1 is 1.28 bits per heavy atom. The van der Waals surface area contributed by atoms with Crippen molar-refractivity contribution in [3.05, 3.63) is 52.3 Å². The van der Waals surface area contributed by atoms with Gasteiger partial charge in [-0.2, -0.15) is 0 Å². The smallest absolute Gasteiger partial charge is 0.165 e. The first-order valence-electron chi connectivity index (χ1n) is 13.1. The predicted molar refractivity (Wildman–Crippen MR) is 148 cm³/mol. The van der Waals surface area contributed by atoms with E-state index in [2.05, 4.69) is 20.4 Å². The number of likely N-dealkylation sites (N-methyl/N-ethyl adjacent to an activating group) is 1. The number of rotatable bonds is 10. The average molecular weight is 536 g/mol. The van der Waals surface area contributed by atoms with Gasteiger partial charge in [0.15, 0.2) is 5.82 Å². The molecule has 1 aliphatic heterocycles. The number of anilines is 1. The molecule has 1 saturated carbocycles. The highest BCUT2D eigenvalue weighted by molar-refractivity contribution is 5.84. The third-order valence-corrected chi connectivity index (χ3v) is 6.87. The van der Waals surface area contributed by atoms with Crippen LogP contribution in [-0.2, 0) is 0 Å². The number of ether oxygens (including phenoxy) is 1. The second kappa shape index (κ2) is 11.1. The van der Waals surface area contributed by atoms with Crippen LogP contribution in [0.1, 0.15) is 29.9 Å². The van der Waals surface area contributed by atoms with Gasteiger partial charge in [0.25, 0.3) is 0 Å². The molecule has 0 unspecified atom stereocenters. The Labute approximate surface area is 226 Å². The molecule has 0 radical (unpaired) electrons. The van der Waals surface area contributed by atoms with Crippen molar-refractivity contribution in [1.82, 2.24) is 20.4 Å². The van der Waals surface area contributed by atoms with Crippen LogP contribution in [0.2, 0.25) is 0 Å². The Kier molecular flexibility index (Phi) is 7.62. The molecular formula is C28H34FN7O3. The molecule has 1 atom stereocenters.